The molecule has 3 rings (SSSR count). The first-order valence-electron chi connectivity index (χ1n) is 10.2. The molecule has 0 bridgehead atoms. The number of likely N-dealkylation sites (tertiary alicyclic amines) is 1. The summed E-state index contributed by atoms with van der Waals surface area (Å²) < 4.78 is 5.40. The number of hydrogen-bond donors (Lipinski definition) is 1. The molecule has 1 aromatic heterocycles. The molecular formula is C20H34IN5O2. The molecular weight excluding hydrogens is 469 g/mol. The largest absolute Gasteiger partial charge is 0.469 e. The quantitative estimate of drug-likeness (QED) is 0.366. The number of nitrogens with one attached hydrogen (secondary N) is 1. The van der Waals surface area contributed by atoms with Crippen molar-refractivity contribution in [3.8, 4) is 0 Å². The van der Waals surface area contributed by atoms with Crippen molar-refractivity contribution >= 4 is 35.8 Å². The van der Waals surface area contributed by atoms with Gasteiger partial charge in [-0.05, 0) is 45.0 Å². The normalized spacial score (nSPS) is 20.9. The molecule has 0 aliphatic carbocycles. The van der Waals surface area contributed by atoms with Crippen molar-refractivity contribution in [2.45, 2.75) is 38.6 Å². The van der Waals surface area contributed by atoms with Crippen LogP contribution in [0, 0.1) is 0 Å². The van der Waals surface area contributed by atoms with Crippen molar-refractivity contribution in [2.24, 2.45) is 4.99 Å². The number of rotatable bonds is 6. The second kappa shape index (κ2) is 11.6. The lowest BCUT2D eigenvalue weighted by Gasteiger charge is -2.38. The number of carbonyl (C=O) groups excluding carboxylic acids is 1. The van der Waals surface area contributed by atoms with E-state index in [4.69, 9.17) is 9.41 Å². The Morgan fingerprint density at radius 1 is 1.25 bits per heavy atom. The number of piperazine rings is 1. The first kappa shape index (κ1) is 23.0. The zero-order chi connectivity index (χ0) is 19.1. The Morgan fingerprint density at radius 3 is 2.61 bits per heavy atom. The average Bonchev–Trinajstić information content (AvgIpc) is 3.36. The molecule has 158 valence electrons. The van der Waals surface area contributed by atoms with E-state index in [1.807, 2.05) is 17.0 Å². The molecule has 1 amide bonds. The van der Waals surface area contributed by atoms with Crippen LogP contribution in [0.15, 0.2) is 27.8 Å². The number of guanidine groups is 1. The van der Waals surface area contributed by atoms with Crippen molar-refractivity contribution in [3.05, 3.63) is 24.2 Å². The molecule has 3 heterocycles. The summed E-state index contributed by atoms with van der Waals surface area (Å²) >= 11 is 0. The third-order valence-corrected chi connectivity index (χ3v) is 5.42. The Hall–Kier alpha value is -1.29. The first-order chi connectivity index (χ1) is 13.2. The Balaban J connectivity index is 0.00000280. The van der Waals surface area contributed by atoms with Crippen molar-refractivity contribution in [2.75, 3.05) is 52.9 Å². The Morgan fingerprint density at radius 2 is 2.00 bits per heavy atom. The van der Waals surface area contributed by atoms with Gasteiger partial charge in [-0.15, -0.1) is 24.0 Å². The minimum atomic E-state index is 0. The van der Waals surface area contributed by atoms with Crippen LogP contribution in [-0.4, -0.2) is 85.5 Å². The van der Waals surface area contributed by atoms with E-state index in [-0.39, 0.29) is 30.0 Å². The summed E-state index contributed by atoms with van der Waals surface area (Å²) in [5, 5.41) is 3.47. The number of amides is 1. The molecule has 1 aromatic rings. The van der Waals surface area contributed by atoms with Gasteiger partial charge in [0.15, 0.2) is 5.96 Å². The van der Waals surface area contributed by atoms with E-state index in [0.29, 0.717) is 5.91 Å². The summed E-state index contributed by atoms with van der Waals surface area (Å²) in [6.07, 6.45) is 5.69. The highest BCUT2D eigenvalue weighted by atomic mass is 127. The molecule has 1 atom stereocenters. The molecule has 2 aliphatic rings. The first-order valence-corrected chi connectivity index (χ1v) is 10.2. The maximum atomic E-state index is 12.8. The molecule has 28 heavy (non-hydrogen) atoms. The van der Waals surface area contributed by atoms with Crippen molar-refractivity contribution in [3.63, 3.8) is 0 Å². The summed E-state index contributed by atoms with van der Waals surface area (Å²) in [5.41, 5.74) is 0. The third kappa shape index (κ3) is 6.10. The van der Waals surface area contributed by atoms with E-state index in [1.165, 1.54) is 0 Å². The van der Waals surface area contributed by atoms with Gasteiger partial charge in [0, 0.05) is 45.7 Å². The summed E-state index contributed by atoms with van der Waals surface area (Å²) in [6, 6.07) is 3.99. The van der Waals surface area contributed by atoms with E-state index in [2.05, 4.69) is 29.1 Å². The van der Waals surface area contributed by atoms with Gasteiger partial charge in [0.25, 0.3) is 0 Å². The number of nitrogens with zero attached hydrogens (tertiary/aromatic N) is 4. The lowest BCUT2D eigenvalue weighted by atomic mass is 10.1. The van der Waals surface area contributed by atoms with Crippen molar-refractivity contribution in [1.82, 2.24) is 20.0 Å². The van der Waals surface area contributed by atoms with E-state index in [0.717, 1.165) is 83.2 Å². The van der Waals surface area contributed by atoms with Crippen molar-refractivity contribution < 1.29 is 9.21 Å². The maximum Gasteiger partial charge on any atom is 0.240 e. The van der Waals surface area contributed by atoms with Gasteiger partial charge >= 0.3 is 0 Å². The Labute approximate surface area is 185 Å². The highest BCUT2D eigenvalue weighted by Crippen LogP contribution is 2.18. The van der Waals surface area contributed by atoms with Crippen LogP contribution in [0.4, 0.5) is 0 Å². The smallest absolute Gasteiger partial charge is 0.240 e. The second-order valence-electron chi connectivity index (χ2n) is 7.41. The topological polar surface area (TPSA) is 64.3 Å². The average molecular weight is 503 g/mol. The minimum Gasteiger partial charge on any atom is -0.469 e. The highest BCUT2D eigenvalue weighted by Gasteiger charge is 2.33. The summed E-state index contributed by atoms with van der Waals surface area (Å²) in [6.45, 7) is 7.99. The number of aliphatic imine (C=N–C) groups is 1. The fraction of sp³-hybridized carbons (Fsp3) is 0.700. The molecule has 2 saturated heterocycles. The fourth-order valence-corrected chi connectivity index (χ4v) is 3.81. The number of carbonyl (C=O) groups is 1. The lowest BCUT2D eigenvalue weighted by molar-refractivity contribution is -0.136. The zero-order valence-electron chi connectivity index (χ0n) is 17.1. The van der Waals surface area contributed by atoms with Gasteiger partial charge in [0.1, 0.15) is 5.76 Å². The van der Waals surface area contributed by atoms with Gasteiger partial charge in [-0.2, -0.15) is 0 Å². The monoisotopic (exact) mass is 503 g/mol. The molecule has 2 aliphatic heterocycles. The number of furan rings is 1. The third-order valence-electron chi connectivity index (χ3n) is 5.42. The Kier molecular flexibility index (Phi) is 9.57. The molecule has 0 radical (unpaired) electrons. The minimum absolute atomic E-state index is 0. The van der Waals surface area contributed by atoms with E-state index < -0.39 is 0 Å². The standard InChI is InChI=1S/C20H33N5O2.HI/c1-3-9-21-20(22-10-8-17-6-5-16-27-17)25-14-12-24(13-15-25)19(26)18-7-4-11-23(18)2;/h5-6,16,18H,3-4,7-15H2,1-2H3,(H,21,22);1H. The molecule has 0 spiro atoms. The molecule has 8 heteroatoms. The highest BCUT2D eigenvalue weighted by molar-refractivity contribution is 14.0. The Bertz CT molecular complexity index is 614. The lowest BCUT2D eigenvalue weighted by Crippen LogP contribution is -2.56. The predicted octanol–water partition coefficient (Wildman–Crippen LogP) is 2.03. The van der Waals surface area contributed by atoms with Crippen LogP contribution in [0.5, 0.6) is 0 Å². The summed E-state index contributed by atoms with van der Waals surface area (Å²) in [7, 11) is 2.06. The number of halogens is 1. The van der Waals surface area contributed by atoms with Gasteiger partial charge in [-0.25, -0.2) is 0 Å². The number of hydrogen-bond acceptors (Lipinski definition) is 4. The maximum absolute atomic E-state index is 12.8. The van der Waals surface area contributed by atoms with Crippen LogP contribution in [-0.2, 0) is 11.2 Å². The van der Waals surface area contributed by atoms with E-state index in [1.54, 1.807) is 6.26 Å². The molecule has 1 unspecified atom stereocenters. The summed E-state index contributed by atoms with van der Waals surface area (Å²) in [4.78, 5) is 24.0. The van der Waals surface area contributed by atoms with Crippen LogP contribution >= 0.6 is 24.0 Å². The van der Waals surface area contributed by atoms with Crippen LogP contribution in [0.1, 0.15) is 31.9 Å². The number of likely N-dealkylation sites (N-methyl/N-ethyl adjacent to an activating group) is 1. The van der Waals surface area contributed by atoms with Crippen LogP contribution in [0.25, 0.3) is 0 Å². The van der Waals surface area contributed by atoms with Gasteiger partial charge in [0.05, 0.1) is 12.3 Å². The predicted molar refractivity (Wildman–Crippen MR) is 122 cm³/mol. The second-order valence-corrected chi connectivity index (χ2v) is 7.41. The van der Waals surface area contributed by atoms with Crippen LogP contribution < -0.4 is 5.32 Å². The molecule has 7 nitrogen and oxygen atoms in total. The molecule has 0 aromatic carbocycles. The van der Waals surface area contributed by atoms with Gasteiger partial charge < -0.3 is 19.5 Å². The van der Waals surface area contributed by atoms with Gasteiger partial charge in [0.2, 0.25) is 5.91 Å². The molecule has 2 fully saturated rings. The molecule has 0 saturated carbocycles. The van der Waals surface area contributed by atoms with Crippen LogP contribution in [0.3, 0.4) is 0 Å². The van der Waals surface area contributed by atoms with Gasteiger partial charge in [-0.1, -0.05) is 6.92 Å². The zero-order valence-corrected chi connectivity index (χ0v) is 19.4. The van der Waals surface area contributed by atoms with E-state index >= 15 is 0 Å². The van der Waals surface area contributed by atoms with E-state index in [9.17, 15) is 4.79 Å². The van der Waals surface area contributed by atoms with Gasteiger partial charge in [-0.3, -0.25) is 14.7 Å². The SMILES string of the molecule is CCCN=C(NCCc1ccco1)N1CCN(C(=O)C2CCCN2C)CC1.I. The fourth-order valence-electron chi connectivity index (χ4n) is 3.81. The summed E-state index contributed by atoms with van der Waals surface area (Å²) in [5.74, 6) is 2.23. The molecule has 1 N–H and O–H groups in total. The van der Waals surface area contributed by atoms with Crippen LogP contribution in [0.2, 0.25) is 0 Å². The van der Waals surface area contributed by atoms with Crippen molar-refractivity contribution in [1.29, 1.82) is 0 Å².